The molecule has 0 aliphatic carbocycles. The Labute approximate surface area is 121 Å². The van der Waals surface area contributed by atoms with E-state index in [-0.39, 0.29) is 24.1 Å². The molecule has 0 fully saturated rings. The van der Waals surface area contributed by atoms with Crippen LogP contribution in [0.15, 0.2) is 18.2 Å². The predicted molar refractivity (Wildman–Crippen MR) is 77.2 cm³/mol. The van der Waals surface area contributed by atoms with Crippen LogP contribution >= 0.6 is 11.8 Å². The third-order valence-corrected chi connectivity index (χ3v) is 3.74. The maximum absolute atomic E-state index is 12.0. The van der Waals surface area contributed by atoms with Gasteiger partial charge < -0.3 is 9.64 Å². The molecule has 0 saturated carbocycles. The number of carbonyl (C=O) groups excluding carboxylic acids is 2. The van der Waals surface area contributed by atoms with Crippen LogP contribution in [0.3, 0.4) is 0 Å². The van der Waals surface area contributed by atoms with Gasteiger partial charge in [0.2, 0.25) is 0 Å². The zero-order valence-corrected chi connectivity index (χ0v) is 11.9. The normalized spacial score (nSPS) is 13.4. The Bertz CT molecular complexity index is 580. The van der Waals surface area contributed by atoms with Gasteiger partial charge >= 0.3 is 0 Å². The Morgan fingerprint density at radius 2 is 2.35 bits per heavy atom. The molecule has 104 valence electrons. The number of rotatable bonds is 5. The molecule has 5 nitrogen and oxygen atoms in total. The molecule has 0 aromatic heterocycles. The van der Waals surface area contributed by atoms with Crippen molar-refractivity contribution in [2.45, 2.75) is 6.92 Å². The highest BCUT2D eigenvalue weighted by Gasteiger charge is 2.25. The van der Waals surface area contributed by atoms with E-state index < -0.39 is 0 Å². The number of nitrogens with zero attached hydrogens (tertiary/aromatic N) is 2. The number of fused-ring (bicyclic) bond motifs is 1. The molecule has 1 aliphatic rings. The van der Waals surface area contributed by atoms with E-state index in [1.54, 1.807) is 23.1 Å². The van der Waals surface area contributed by atoms with Crippen molar-refractivity contribution in [3.05, 3.63) is 23.8 Å². The molecule has 1 heterocycles. The summed E-state index contributed by atoms with van der Waals surface area (Å²) in [6, 6.07) is 7.08. The monoisotopic (exact) mass is 290 g/mol. The highest BCUT2D eigenvalue weighted by molar-refractivity contribution is 8.00. The van der Waals surface area contributed by atoms with E-state index in [4.69, 9.17) is 10.00 Å². The predicted octanol–water partition coefficient (Wildman–Crippen LogP) is 1.87. The second-order valence-electron chi connectivity index (χ2n) is 4.18. The number of likely N-dealkylation sites (N-methyl/N-ethyl adjacent to an activating group) is 1. The second-order valence-corrected chi connectivity index (χ2v) is 5.17. The first kappa shape index (κ1) is 14.4. The van der Waals surface area contributed by atoms with Crippen LogP contribution in [0.25, 0.3) is 0 Å². The van der Waals surface area contributed by atoms with Gasteiger partial charge in [-0.2, -0.15) is 5.26 Å². The van der Waals surface area contributed by atoms with Crippen molar-refractivity contribution in [1.29, 1.82) is 5.26 Å². The molecule has 1 aliphatic heterocycles. The first-order chi connectivity index (χ1) is 9.67. The van der Waals surface area contributed by atoms with E-state index in [1.165, 1.54) is 11.8 Å². The fourth-order valence-electron chi connectivity index (χ4n) is 1.99. The SMILES string of the molecule is CCN1C(=O)COc2ccc(C(=O)CSCC#N)cc21. The number of benzene rings is 1. The Morgan fingerprint density at radius 3 is 3.05 bits per heavy atom. The summed E-state index contributed by atoms with van der Waals surface area (Å²) in [5.41, 5.74) is 1.17. The van der Waals surface area contributed by atoms with Gasteiger partial charge in [0.05, 0.1) is 23.3 Å². The topological polar surface area (TPSA) is 70.4 Å². The number of nitriles is 1. The van der Waals surface area contributed by atoms with Crippen molar-refractivity contribution in [2.75, 3.05) is 29.6 Å². The maximum atomic E-state index is 12.0. The second kappa shape index (κ2) is 6.44. The quantitative estimate of drug-likeness (QED) is 0.611. The number of hydrogen-bond acceptors (Lipinski definition) is 5. The molecule has 0 N–H and O–H groups in total. The number of Topliss-reactive ketones (excluding diaryl/α,β-unsaturated/α-hetero) is 1. The zero-order chi connectivity index (χ0) is 14.5. The minimum absolute atomic E-state index is 0.0339. The molecule has 6 heteroatoms. The van der Waals surface area contributed by atoms with Gasteiger partial charge in [0.1, 0.15) is 5.75 Å². The van der Waals surface area contributed by atoms with E-state index >= 15 is 0 Å². The van der Waals surface area contributed by atoms with Gasteiger partial charge in [-0.15, -0.1) is 11.8 Å². The van der Waals surface area contributed by atoms with Gasteiger partial charge in [-0.1, -0.05) is 0 Å². The molecule has 0 bridgehead atoms. The number of ether oxygens (including phenoxy) is 1. The lowest BCUT2D eigenvalue weighted by Crippen LogP contribution is -2.38. The van der Waals surface area contributed by atoms with Crippen LogP contribution < -0.4 is 9.64 Å². The fraction of sp³-hybridized carbons (Fsp3) is 0.357. The molecule has 0 atom stereocenters. The van der Waals surface area contributed by atoms with Gasteiger partial charge in [-0.05, 0) is 25.1 Å². The number of anilines is 1. The van der Waals surface area contributed by atoms with Crippen molar-refractivity contribution >= 4 is 29.1 Å². The molecule has 0 spiro atoms. The van der Waals surface area contributed by atoms with Crippen molar-refractivity contribution < 1.29 is 14.3 Å². The van der Waals surface area contributed by atoms with Crippen molar-refractivity contribution in [3.63, 3.8) is 0 Å². The standard InChI is InChI=1S/C14H14N2O3S/c1-2-16-11-7-10(12(17)9-20-6-5-15)3-4-13(11)19-8-14(16)18/h3-4,7H,2,6,8-9H2,1H3. The van der Waals surface area contributed by atoms with Gasteiger partial charge in [0, 0.05) is 12.1 Å². The molecule has 0 unspecified atom stereocenters. The smallest absolute Gasteiger partial charge is 0.265 e. The van der Waals surface area contributed by atoms with Crippen LogP contribution in [0.5, 0.6) is 5.75 Å². The molecule has 2 rings (SSSR count). The number of thioether (sulfide) groups is 1. The number of amides is 1. The van der Waals surface area contributed by atoms with E-state index in [9.17, 15) is 9.59 Å². The lowest BCUT2D eigenvalue weighted by Gasteiger charge is -2.28. The highest BCUT2D eigenvalue weighted by atomic mass is 32.2. The zero-order valence-electron chi connectivity index (χ0n) is 11.1. The fourth-order valence-corrected chi connectivity index (χ4v) is 2.54. The number of carbonyl (C=O) groups is 2. The van der Waals surface area contributed by atoms with Crippen LogP contribution in [0, 0.1) is 11.3 Å². The summed E-state index contributed by atoms with van der Waals surface area (Å²) in [6.07, 6.45) is 0. The molecule has 1 aromatic carbocycles. The van der Waals surface area contributed by atoms with Crippen LogP contribution in [0.4, 0.5) is 5.69 Å². The Kier molecular flexibility index (Phi) is 4.64. The van der Waals surface area contributed by atoms with Crippen molar-refractivity contribution in [1.82, 2.24) is 0 Å². The van der Waals surface area contributed by atoms with Gasteiger partial charge in [0.25, 0.3) is 5.91 Å². The summed E-state index contributed by atoms with van der Waals surface area (Å²) in [5.74, 6) is 1.00. The van der Waals surface area contributed by atoms with Crippen molar-refractivity contribution in [2.24, 2.45) is 0 Å². The summed E-state index contributed by atoms with van der Waals surface area (Å²) in [7, 11) is 0. The van der Waals surface area contributed by atoms with Gasteiger partial charge in [-0.25, -0.2) is 0 Å². The molecular weight excluding hydrogens is 276 g/mol. The summed E-state index contributed by atoms with van der Waals surface area (Å²) >= 11 is 1.28. The summed E-state index contributed by atoms with van der Waals surface area (Å²) in [4.78, 5) is 25.4. The minimum Gasteiger partial charge on any atom is -0.482 e. The molecule has 1 amide bonds. The average molecular weight is 290 g/mol. The van der Waals surface area contributed by atoms with Crippen LogP contribution in [-0.4, -0.2) is 36.3 Å². The lowest BCUT2D eigenvalue weighted by atomic mass is 10.1. The van der Waals surface area contributed by atoms with E-state index in [2.05, 4.69) is 0 Å². The Balaban J connectivity index is 2.22. The first-order valence-electron chi connectivity index (χ1n) is 6.22. The molecule has 20 heavy (non-hydrogen) atoms. The Morgan fingerprint density at radius 1 is 1.55 bits per heavy atom. The van der Waals surface area contributed by atoms with E-state index in [1.807, 2.05) is 13.0 Å². The van der Waals surface area contributed by atoms with Crippen LogP contribution in [0.2, 0.25) is 0 Å². The third-order valence-electron chi connectivity index (χ3n) is 2.94. The molecule has 1 aromatic rings. The minimum atomic E-state index is -0.108. The number of ketones is 1. The Hall–Kier alpha value is -2.00. The van der Waals surface area contributed by atoms with Crippen LogP contribution in [0.1, 0.15) is 17.3 Å². The largest absolute Gasteiger partial charge is 0.482 e. The summed E-state index contributed by atoms with van der Waals surface area (Å²) in [6.45, 7) is 2.45. The van der Waals surface area contributed by atoms with Gasteiger partial charge in [0.15, 0.2) is 12.4 Å². The first-order valence-corrected chi connectivity index (χ1v) is 7.38. The van der Waals surface area contributed by atoms with Crippen molar-refractivity contribution in [3.8, 4) is 11.8 Å². The highest BCUT2D eigenvalue weighted by Crippen LogP contribution is 2.33. The summed E-state index contributed by atoms with van der Waals surface area (Å²) < 4.78 is 5.35. The molecular formula is C14H14N2O3S. The van der Waals surface area contributed by atoms with E-state index in [0.29, 0.717) is 29.3 Å². The van der Waals surface area contributed by atoms with Crippen LogP contribution in [-0.2, 0) is 4.79 Å². The third kappa shape index (κ3) is 2.94. The molecule has 0 radical (unpaired) electrons. The maximum Gasteiger partial charge on any atom is 0.265 e. The molecule has 0 saturated heterocycles. The van der Waals surface area contributed by atoms with Gasteiger partial charge in [-0.3, -0.25) is 9.59 Å². The lowest BCUT2D eigenvalue weighted by molar-refractivity contribution is -0.121. The van der Waals surface area contributed by atoms with E-state index in [0.717, 1.165) is 0 Å². The number of hydrogen-bond donors (Lipinski definition) is 0. The summed E-state index contributed by atoms with van der Waals surface area (Å²) in [5, 5.41) is 8.46. The average Bonchev–Trinajstić information content (AvgIpc) is 2.46.